The van der Waals surface area contributed by atoms with Crippen molar-refractivity contribution < 1.29 is 9.59 Å². The van der Waals surface area contributed by atoms with Crippen molar-refractivity contribution in [2.75, 3.05) is 26.7 Å². The van der Waals surface area contributed by atoms with E-state index < -0.39 is 5.54 Å². The van der Waals surface area contributed by atoms with Crippen LogP contribution >= 0.6 is 24.0 Å². The number of likely N-dealkylation sites (tertiary alicyclic amines) is 1. The summed E-state index contributed by atoms with van der Waals surface area (Å²) < 4.78 is 0. The number of nitrogens with zero attached hydrogens (tertiary/aromatic N) is 2. The molecular weight excluding hydrogens is 457 g/mol. The van der Waals surface area contributed by atoms with E-state index in [1.807, 2.05) is 14.0 Å². The SMILES string of the molecule is CCC1(CNC(=NC)N2CCC(C3(C)NC(=O)NC3=O)CC2)CCCC1.I. The molecule has 8 heteroatoms. The fourth-order valence-electron chi connectivity index (χ4n) is 4.89. The van der Waals surface area contributed by atoms with E-state index >= 15 is 0 Å². The van der Waals surface area contributed by atoms with Crippen LogP contribution in [0.15, 0.2) is 4.99 Å². The number of hydrogen-bond donors (Lipinski definition) is 3. The van der Waals surface area contributed by atoms with E-state index in [0.717, 1.165) is 38.4 Å². The third-order valence-electron chi connectivity index (χ3n) is 6.93. The van der Waals surface area contributed by atoms with Crippen LogP contribution in [0.5, 0.6) is 0 Å². The second-order valence-corrected chi connectivity index (χ2v) is 8.33. The molecule has 1 saturated carbocycles. The van der Waals surface area contributed by atoms with E-state index in [9.17, 15) is 9.59 Å². The van der Waals surface area contributed by atoms with Crippen LogP contribution in [0, 0.1) is 11.3 Å². The molecule has 0 radical (unpaired) electrons. The van der Waals surface area contributed by atoms with Crippen molar-refractivity contribution in [2.45, 2.75) is 64.3 Å². The summed E-state index contributed by atoms with van der Waals surface area (Å²) >= 11 is 0. The number of hydrogen-bond acceptors (Lipinski definition) is 3. The van der Waals surface area contributed by atoms with Crippen molar-refractivity contribution in [3.8, 4) is 0 Å². The summed E-state index contributed by atoms with van der Waals surface area (Å²) in [6.07, 6.45) is 8.24. The highest BCUT2D eigenvalue weighted by molar-refractivity contribution is 14.0. The predicted octanol–water partition coefficient (Wildman–Crippen LogP) is 2.46. The Kier molecular flexibility index (Phi) is 7.38. The normalized spacial score (nSPS) is 28.6. The number of carbonyl (C=O) groups is 2. The molecule has 2 aliphatic heterocycles. The first-order chi connectivity index (χ1) is 12.4. The van der Waals surface area contributed by atoms with Crippen LogP contribution in [0.4, 0.5) is 4.79 Å². The van der Waals surface area contributed by atoms with E-state index in [4.69, 9.17) is 0 Å². The molecule has 0 aromatic heterocycles. The predicted molar refractivity (Wildman–Crippen MR) is 117 cm³/mol. The Labute approximate surface area is 179 Å². The molecule has 3 aliphatic rings. The van der Waals surface area contributed by atoms with Crippen LogP contribution in [0.25, 0.3) is 0 Å². The van der Waals surface area contributed by atoms with Gasteiger partial charge in [-0.05, 0) is 50.4 Å². The van der Waals surface area contributed by atoms with Gasteiger partial charge in [-0.1, -0.05) is 19.8 Å². The lowest BCUT2D eigenvalue weighted by Gasteiger charge is -2.40. The second kappa shape index (κ2) is 8.96. The van der Waals surface area contributed by atoms with Crippen LogP contribution in [0.1, 0.15) is 58.8 Å². The Hall–Kier alpha value is -1.06. The first kappa shape index (κ1) is 22.2. The molecule has 0 bridgehead atoms. The van der Waals surface area contributed by atoms with Gasteiger partial charge >= 0.3 is 6.03 Å². The molecular formula is C19H34IN5O2. The maximum Gasteiger partial charge on any atom is 0.322 e. The van der Waals surface area contributed by atoms with E-state index in [1.165, 1.54) is 32.1 Å². The van der Waals surface area contributed by atoms with Gasteiger partial charge in [0.25, 0.3) is 5.91 Å². The van der Waals surface area contributed by atoms with Gasteiger partial charge in [0.05, 0.1) is 0 Å². The smallest absolute Gasteiger partial charge is 0.322 e. The minimum Gasteiger partial charge on any atom is -0.356 e. The van der Waals surface area contributed by atoms with Gasteiger partial charge in [0.15, 0.2) is 5.96 Å². The average molecular weight is 491 g/mol. The monoisotopic (exact) mass is 491 g/mol. The third-order valence-corrected chi connectivity index (χ3v) is 6.93. The highest BCUT2D eigenvalue weighted by atomic mass is 127. The van der Waals surface area contributed by atoms with Crippen molar-refractivity contribution >= 4 is 41.9 Å². The van der Waals surface area contributed by atoms with E-state index in [0.29, 0.717) is 5.41 Å². The molecule has 0 aromatic carbocycles. The van der Waals surface area contributed by atoms with Gasteiger partial charge in [0, 0.05) is 26.7 Å². The van der Waals surface area contributed by atoms with Crippen molar-refractivity contribution in [1.82, 2.24) is 20.9 Å². The fraction of sp³-hybridized carbons (Fsp3) is 0.842. The molecule has 3 rings (SSSR count). The molecule has 0 aromatic rings. The van der Waals surface area contributed by atoms with Crippen LogP contribution in [0.3, 0.4) is 0 Å². The highest BCUT2D eigenvalue weighted by Crippen LogP contribution is 2.40. The summed E-state index contributed by atoms with van der Waals surface area (Å²) in [4.78, 5) is 30.4. The largest absolute Gasteiger partial charge is 0.356 e. The van der Waals surface area contributed by atoms with Crippen molar-refractivity contribution in [2.24, 2.45) is 16.3 Å². The van der Waals surface area contributed by atoms with Crippen LogP contribution in [-0.2, 0) is 4.79 Å². The number of guanidine groups is 1. The Balaban J connectivity index is 0.00000261. The molecule has 1 aliphatic carbocycles. The second-order valence-electron chi connectivity index (χ2n) is 8.33. The summed E-state index contributed by atoms with van der Waals surface area (Å²) in [6.45, 7) is 6.82. The molecule has 7 nitrogen and oxygen atoms in total. The quantitative estimate of drug-likeness (QED) is 0.244. The number of imide groups is 1. The Morgan fingerprint density at radius 3 is 2.37 bits per heavy atom. The van der Waals surface area contributed by atoms with Crippen LogP contribution in [-0.4, -0.2) is 55.0 Å². The first-order valence-corrected chi connectivity index (χ1v) is 10.0. The first-order valence-electron chi connectivity index (χ1n) is 10.0. The topological polar surface area (TPSA) is 85.8 Å². The van der Waals surface area contributed by atoms with Crippen molar-refractivity contribution in [3.63, 3.8) is 0 Å². The number of urea groups is 1. The molecule has 0 spiro atoms. The Morgan fingerprint density at radius 2 is 1.89 bits per heavy atom. The fourth-order valence-corrected chi connectivity index (χ4v) is 4.89. The van der Waals surface area contributed by atoms with Crippen LogP contribution in [0.2, 0.25) is 0 Å². The maximum absolute atomic E-state index is 12.2. The zero-order chi connectivity index (χ0) is 18.8. The molecule has 154 valence electrons. The number of amides is 3. The molecule has 2 heterocycles. The summed E-state index contributed by atoms with van der Waals surface area (Å²) in [5.74, 6) is 0.919. The standard InChI is InChI=1S/C19H33N5O2.HI/c1-4-19(9-5-6-10-19)13-21-16(20-3)24-11-7-14(8-12-24)18(2)15(25)22-17(26)23-18;/h14H,4-13H2,1-3H3,(H,20,21)(H2,22,23,25,26);1H. The summed E-state index contributed by atoms with van der Waals surface area (Å²) in [7, 11) is 1.84. The van der Waals surface area contributed by atoms with Gasteiger partial charge in [-0.2, -0.15) is 0 Å². The third kappa shape index (κ3) is 4.51. The number of carbonyl (C=O) groups excluding carboxylic acids is 2. The lowest BCUT2D eigenvalue weighted by atomic mass is 9.79. The molecule has 1 atom stereocenters. The zero-order valence-corrected chi connectivity index (χ0v) is 19.1. The minimum atomic E-state index is -0.782. The molecule has 1 unspecified atom stereocenters. The van der Waals surface area contributed by atoms with E-state index in [1.54, 1.807) is 0 Å². The summed E-state index contributed by atoms with van der Waals surface area (Å²) in [5, 5.41) is 8.80. The summed E-state index contributed by atoms with van der Waals surface area (Å²) in [5.41, 5.74) is -0.357. The van der Waals surface area contributed by atoms with Gasteiger partial charge in [-0.25, -0.2) is 4.79 Å². The molecule has 2 saturated heterocycles. The van der Waals surface area contributed by atoms with E-state index in [2.05, 4.69) is 32.8 Å². The Morgan fingerprint density at radius 1 is 1.26 bits per heavy atom. The number of piperidine rings is 1. The number of aliphatic imine (C=N–C) groups is 1. The van der Waals surface area contributed by atoms with Gasteiger partial charge < -0.3 is 15.5 Å². The average Bonchev–Trinajstić information content (AvgIpc) is 3.21. The van der Waals surface area contributed by atoms with Gasteiger partial charge in [-0.15, -0.1) is 24.0 Å². The lowest BCUT2D eigenvalue weighted by molar-refractivity contribution is -0.125. The van der Waals surface area contributed by atoms with Gasteiger partial charge in [0.2, 0.25) is 0 Å². The van der Waals surface area contributed by atoms with Gasteiger partial charge in [-0.3, -0.25) is 15.1 Å². The molecule has 3 amide bonds. The molecule has 3 fully saturated rings. The van der Waals surface area contributed by atoms with E-state index in [-0.39, 0.29) is 41.8 Å². The van der Waals surface area contributed by atoms with Gasteiger partial charge in [0.1, 0.15) is 5.54 Å². The number of rotatable bonds is 4. The summed E-state index contributed by atoms with van der Waals surface area (Å²) in [6, 6.07) is -0.376. The zero-order valence-electron chi connectivity index (χ0n) is 16.8. The van der Waals surface area contributed by atoms with Crippen LogP contribution < -0.4 is 16.0 Å². The number of halogens is 1. The Bertz CT molecular complexity index is 583. The highest BCUT2D eigenvalue weighted by Gasteiger charge is 2.48. The lowest BCUT2D eigenvalue weighted by Crippen LogP contribution is -2.55. The maximum atomic E-state index is 12.2. The van der Waals surface area contributed by atoms with Crippen molar-refractivity contribution in [3.05, 3.63) is 0 Å². The molecule has 27 heavy (non-hydrogen) atoms. The number of nitrogens with one attached hydrogen (secondary N) is 3. The minimum absolute atomic E-state index is 0. The molecule has 3 N–H and O–H groups in total. The van der Waals surface area contributed by atoms with Crippen molar-refractivity contribution in [1.29, 1.82) is 0 Å².